The van der Waals surface area contributed by atoms with Gasteiger partial charge >= 0.3 is 5.97 Å². The van der Waals surface area contributed by atoms with Crippen LogP contribution < -0.4 is 15.4 Å². The van der Waals surface area contributed by atoms with Crippen molar-refractivity contribution in [2.45, 2.75) is 6.92 Å². The van der Waals surface area contributed by atoms with Gasteiger partial charge in [-0.3, -0.25) is 9.59 Å². The van der Waals surface area contributed by atoms with E-state index in [1.54, 1.807) is 13.0 Å². The highest BCUT2D eigenvalue weighted by Crippen LogP contribution is 2.34. The lowest BCUT2D eigenvalue weighted by Gasteiger charge is -2.09. The van der Waals surface area contributed by atoms with Crippen LogP contribution in [0.25, 0.3) is 0 Å². The molecule has 3 rings (SSSR count). The maximum Gasteiger partial charge on any atom is 0.341 e. The molecule has 0 aliphatic rings. The van der Waals surface area contributed by atoms with E-state index in [4.69, 9.17) is 32.7 Å². The first-order valence-corrected chi connectivity index (χ1v) is 10.9. The molecule has 0 fully saturated rings. The summed E-state index contributed by atoms with van der Waals surface area (Å²) in [7, 11) is 1.19. The van der Waals surface area contributed by atoms with Gasteiger partial charge in [-0.05, 0) is 55.0 Å². The third-order valence-electron chi connectivity index (χ3n) is 4.35. The van der Waals surface area contributed by atoms with Crippen LogP contribution in [0.15, 0.2) is 42.5 Å². The van der Waals surface area contributed by atoms with Crippen LogP contribution in [0.4, 0.5) is 15.1 Å². The lowest BCUT2D eigenvalue weighted by atomic mass is 10.1. The molecule has 0 saturated heterocycles. The zero-order valence-corrected chi connectivity index (χ0v) is 19.7. The number of methoxy groups -OCH3 is 1. The molecule has 0 radical (unpaired) electrons. The molecular weight excluding hydrogens is 494 g/mol. The van der Waals surface area contributed by atoms with Crippen LogP contribution in [0.3, 0.4) is 0 Å². The zero-order chi connectivity index (χ0) is 24.1. The lowest BCUT2D eigenvalue weighted by Crippen LogP contribution is -2.21. The minimum Gasteiger partial charge on any atom is -0.482 e. The standard InChI is InChI=1S/C22H17Cl2FN2O5S/c1-11-18(22(30)31-2)21(27-17(28)10-32-16-8-3-12(23)9-15(16)24)33-19(11)20(29)26-14-6-4-13(25)5-7-14/h3-9H,10H2,1-2H3,(H,26,29)(H,27,28). The van der Waals surface area contributed by atoms with Crippen molar-refractivity contribution in [3.8, 4) is 5.75 Å². The van der Waals surface area contributed by atoms with E-state index in [-0.39, 0.29) is 26.2 Å². The number of anilines is 2. The Labute approximate surface area is 202 Å². The molecule has 172 valence electrons. The van der Waals surface area contributed by atoms with Crippen molar-refractivity contribution in [2.75, 3.05) is 24.4 Å². The highest BCUT2D eigenvalue weighted by atomic mass is 35.5. The molecule has 2 N–H and O–H groups in total. The number of esters is 1. The normalized spacial score (nSPS) is 10.5. The number of ether oxygens (including phenoxy) is 2. The molecule has 1 heterocycles. The molecule has 7 nitrogen and oxygen atoms in total. The molecule has 0 bridgehead atoms. The molecule has 0 unspecified atom stereocenters. The Morgan fingerprint density at radius 2 is 1.76 bits per heavy atom. The quantitative estimate of drug-likeness (QED) is 0.406. The first-order chi connectivity index (χ1) is 15.7. The molecule has 2 aromatic carbocycles. The molecule has 11 heteroatoms. The topological polar surface area (TPSA) is 93.7 Å². The molecule has 0 aliphatic heterocycles. The second kappa shape index (κ2) is 10.7. The molecule has 0 saturated carbocycles. The summed E-state index contributed by atoms with van der Waals surface area (Å²) in [5, 5.41) is 5.97. The van der Waals surface area contributed by atoms with E-state index >= 15 is 0 Å². The second-order valence-electron chi connectivity index (χ2n) is 6.62. The number of rotatable bonds is 7. The number of carbonyl (C=O) groups is 3. The summed E-state index contributed by atoms with van der Waals surface area (Å²) >= 11 is 12.8. The molecule has 0 spiro atoms. The smallest absolute Gasteiger partial charge is 0.341 e. The largest absolute Gasteiger partial charge is 0.482 e. The maximum atomic E-state index is 13.1. The second-order valence-corrected chi connectivity index (χ2v) is 8.49. The van der Waals surface area contributed by atoms with Crippen molar-refractivity contribution in [1.29, 1.82) is 0 Å². The van der Waals surface area contributed by atoms with E-state index in [9.17, 15) is 18.8 Å². The van der Waals surface area contributed by atoms with Crippen molar-refractivity contribution in [3.05, 3.63) is 74.3 Å². The summed E-state index contributed by atoms with van der Waals surface area (Å²) in [6.45, 7) is 1.15. The summed E-state index contributed by atoms with van der Waals surface area (Å²) in [4.78, 5) is 37.7. The Morgan fingerprint density at radius 1 is 1.06 bits per heavy atom. The lowest BCUT2D eigenvalue weighted by molar-refractivity contribution is -0.118. The molecule has 3 aromatic rings. The van der Waals surface area contributed by atoms with E-state index in [1.807, 2.05) is 0 Å². The summed E-state index contributed by atoms with van der Waals surface area (Å²) in [5.74, 6) is -2.02. The van der Waals surface area contributed by atoms with Gasteiger partial charge in [0.2, 0.25) is 0 Å². The van der Waals surface area contributed by atoms with Gasteiger partial charge < -0.3 is 20.1 Å². The van der Waals surface area contributed by atoms with Gasteiger partial charge in [-0.2, -0.15) is 0 Å². The average molecular weight is 511 g/mol. The number of carbonyl (C=O) groups excluding carboxylic acids is 3. The average Bonchev–Trinajstić information content (AvgIpc) is 3.10. The number of thiophene rings is 1. The van der Waals surface area contributed by atoms with Crippen LogP contribution in [-0.2, 0) is 9.53 Å². The zero-order valence-electron chi connectivity index (χ0n) is 17.3. The van der Waals surface area contributed by atoms with Gasteiger partial charge in [0.1, 0.15) is 16.6 Å². The van der Waals surface area contributed by atoms with Crippen LogP contribution in [0.1, 0.15) is 25.6 Å². The first kappa shape index (κ1) is 24.5. The fourth-order valence-corrected chi connectivity index (χ4v) is 4.35. The Balaban J connectivity index is 1.78. The Morgan fingerprint density at radius 3 is 2.39 bits per heavy atom. The fraction of sp³-hybridized carbons (Fsp3) is 0.136. The van der Waals surface area contributed by atoms with Gasteiger partial charge in [0.25, 0.3) is 11.8 Å². The third-order valence-corrected chi connectivity index (χ3v) is 6.09. The Kier molecular flexibility index (Phi) is 7.91. The van der Waals surface area contributed by atoms with Crippen LogP contribution in [0, 0.1) is 12.7 Å². The van der Waals surface area contributed by atoms with Crippen molar-refractivity contribution in [2.24, 2.45) is 0 Å². The van der Waals surface area contributed by atoms with Gasteiger partial charge in [0.05, 0.1) is 22.6 Å². The predicted octanol–water partition coefficient (Wildman–Crippen LogP) is 5.56. The van der Waals surface area contributed by atoms with Crippen molar-refractivity contribution >= 4 is 63.0 Å². The summed E-state index contributed by atoms with van der Waals surface area (Å²) < 4.78 is 23.3. The van der Waals surface area contributed by atoms with Gasteiger partial charge in [0.15, 0.2) is 6.61 Å². The maximum absolute atomic E-state index is 13.1. The van der Waals surface area contributed by atoms with E-state index in [2.05, 4.69) is 10.6 Å². The monoisotopic (exact) mass is 510 g/mol. The van der Waals surface area contributed by atoms with E-state index < -0.39 is 30.2 Å². The first-order valence-electron chi connectivity index (χ1n) is 9.36. The van der Waals surface area contributed by atoms with Crippen LogP contribution >= 0.6 is 34.5 Å². The van der Waals surface area contributed by atoms with Crippen molar-refractivity contribution in [3.63, 3.8) is 0 Å². The molecule has 2 amide bonds. The fourth-order valence-electron chi connectivity index (χ4n) is 2.79. The molecule has 1 aromatic heterocycles. The molecular formula is C22H17Cl2FN2O5S. The Hall–Kier alpha value is -3.14. The summed E-state index contributed by atoms with van der Waals surface area (Å²) in [6, 6.07) is 9.76. The van der Waals surface area contributed by atoms with Crippen LogP contribution in [0.5, 0.6) is 5.75 Å². The third kappa shape index (κ3) is 6.01. The van der Waals surface area contributed by atoms with E-state index in [1.165, 1.54) is 43.5 Å². The van der Waals surface area contributed by atoms with E-state index in [0.717, 1.165) is 11.3 Å². The Bertz CT molecular complexity index is 1210. The van der Waals surface area contributed by atoms with Crippen LogP contribution in [-0.4, -0.2) is 31.5 Å². The number of halogens is 3. The minimum absolute atomic E-state index is 0.0460. The highest BCUT2D eigenvalue weighted by Gasteiger charge is 2.26. The number of hydrogen-bond acceptors (Lipinski definition) is 6. The van der Waals surface area contributed by atoms with Gasteiger partial charge in [-0.25, -0.2) is 9.18 Å². The van der Waals surface area contributed by atoms with Gasteiger partial charge in [-0.1, -0.05) is 23.2 Å². The van der Waals surface area contributed by atoms with Crippen LogP contribution in [0.2, 0.25) is 10.0 Å². The van der Waals surface area contributed by atoms with Crippen molar-refractivity contribution in [1.82, 2.24) is 0 Å². The summed E-state index contributed by atoms with van der Waals surface area (Å²) in [6.07, 6.45) is 0. The number of benzene rings is 2. The van der Waals surface area contributed by atoms with Crippen molar-refractivity contribution < 1.29 is 28.2 Å². The molecule has 0 atom stereocenters. The minimum atomic E-state index is -0.721. The van der Waals surface area contributed by atoms with Gasteiger partial charge in [-0.15, -0.1) is 11.3 Å². The predicted molar refractivity (Wildman–Crippen MR) is 125 cm³/mol. The van der Waals surface area contributed by atoms with E-state index in [0.29, 0.717) is 16.3 Å². The molecule has 33 heavy (non-hydrogen) atoms. The molecule has 0 aliphatic carbocycles. The van der Waals surface area contributed by atoms with Gasteiger partial charge in [0, 0.05) is 10.7 Å². The highest BCUT2D eigenvalue weighted by molar-refractivity contribution is 7.19. The number of nitrogens with one attached hydrogen (secondary N) is 2. The summed E-state index contributed by atoms with van der Waals surface area (Å²) in [5.41, 5.74) is 0.737. The number of hydrogen-bond donors (Lipinski definition) is 2. The SMILES string of the molecule is COC(=O)c1c(NC(=O)COc2ccc(Cl)cc2Cl)sc(C(=O)Nc2ccc(F)cc2)c1C. The number of amides is 2.